The van der Waals surface area contributed by atoms with Crippen LogP contribution >= 0.6 is 0 Å². The lowest BCUT2D eigenvalue weighted by molar-refractivity contribution is -0.384. The molecule has 0 fully saturated rings. The number of nitrogens with zero attached hydrogens (tertiary/aromatic N) is 1. The third kappa shape index (κ3) is 6.30. The molecule has 1 unspecified atom stereocenters. The first-order chi connectivity index (χ1) is 17.0. The van der Waals surface area contributed by atoms with Crippen LogP contribution in [0.5, 0.6) is 0 Å². The topological polar surface area (TPSA) is 148 Å². The molecule has 0 aliphatic carbocycles. The summed E-state index contributed by atoms with van der Waals surface area (Å²) in [5.41, 5.74) is 0.246. The molecule has 0 radical (unpaired) electrons. The van der Waals surface area contributed by atoms with Crippen LogP contribution in [-0.4, -0.2) is 46.6 Å². The first kappa shape index (κ1) is 29.0. The van der Waals surface area contributed by atoms with Crippen molar-refractivity contribution >= 4 is 17.6 Å². The van der Waals surface area contributed by atoms with Crippen LogP contribution in [0.2, 0.25) is 0 Å². The number of hydrogen-bond donors (Lipinski definition) is 3. The number of aliphatic hydroxyl groups is 2. The number of nitrogens with one attached hydrogen (secondary N) is 1. The Hall–Kier alpha value is -3.24. The lowest BCUT2D eigenvalue weighted by Crippen LogP contribution is -2.41. The van der Waals surface area contributed by atoms with E-state index in [1.54, 1.807) is 26.8 Å². The van der Waals surface area contributed by atoms with E-state index < -0.39 is 34.5 Å². The lowest BCUT2D eigenvalue weighted by Gasteiger charge is -2.35. The van der Waals surface area contributed by atoms with Crippen LogP contribution in [0.3, 0.4) is 0 Å². The van der Waals surface area contributed by atoms with Crippen molar-refractivity contribution in [2.45, 2.75) is 72.5 Å². The highest BCUT2D eigenvalue weighted by atomic mass is 16.6. The second kappa shape index (κ2) is 12.6. The maximum atomic E-state index is 13.5. The Kier molecular flexibility index (Phi) is 10.2. The number of rotatable bonds is 12. The van der Waals surface area contributed by atoms with Crippen LogP contribution in [0, 0.1) is 15.5 Å². The van der Waals surface area contributed by atoms with Gasteiger partial charge in [-0.15, -0.1) is 0 Å². The molecule has 2 rings (SSSR count). The number of esters is 2. The van der Waals surface area contributed by atoms with E-state index in [0.29, 0.717) is 42.6 Å². The van der Waals surface area contributed by atoms with Gasteiger partial charge < -0.3 is 25.0 Å². The van der Waals surface area contributed by atoms with Gasteiger partial charge in [0.25, 0.3) is 5.69 Å². The summed E-state index contributed by atoms with van der Waals surface area (Å²) < 4.78 is 10.9. The second-order valence-electron chi connectivity index (χ2n) is 9.02. The van der Waals surface area contributed by atoms with Crippen LogP contribution in [0.15, 0.2) is 46.8 Å². The number of nitro groups is 1. The number of nitro benzene ring substituents is 1. The fourth-order valence-corrected chi connectivity index (χ4v) is 4.78. The van der Waals surface area contributed by atoms with Crippen LogP contribution < -0.4 is 5.32 Å². The van der Waals surface area contributed by atoms with Gasteiger partial charge in [-0.2, -0.15) is 0 Å². The van der Waals surface area contributed by atoms with Crippen molar-refractivity contribution in [3.05, 3.63) is 62.5 Å². The predicted molar refractivity (Wildman–Crippen MR) is 132 cm³/mol. The summed E-state index contributed by atoms with van der Waals surface area (Å²) in [5.74, 6) is -2.40. The summed E-state index contributed by atoms with van der Waals surface area (Å²) in [5, 5.41) is 34.7. The van der Waals surface area contributed by atoms with Gasteiger partial charge in [-0.1, -0.05) is 38.8 Å². The lowest BCUT2D eigenvalue weighted by atomic mass is 9.78. The SMILES string of the molecule is CCCC(CCC)(COC(=O)C1=C(C)NC(C)=C(C(=O)OCC)C1c1cccc([N+](=O)[O-])c1)C(O)O. The van der Waals surface area contributed by atoms with E-state index in [9.17, 15) is 29.9 Å². The van der Waals surface area contributed by atoms with E-state index >= 15 is 0 Å². The molecule has 10 heteroatoms. The van der Waals surface area contributed by atoms with Gasteiger partial charge >= 0.3 is 11.9 Å². The second-order valence-corrected chi connectivity index (χ2v) is 9.02. The third-order valence-corrected chi connectivity index (χ3v) is 6.42. The number of non-ortho nitro benzene ring substituents is 1. The fourth-order valence-electron chi connectivity index (χ4n) is 4.78. The summed E-state index contributed by atoms with van der Waals surface area (Å²) in [6.45, 7) is 8.65. The van der Waals surface area contributed by atoms with Crippen molar-refractivity contribution in [2.24, 2.45) is 5.41 Å². The van der Waals surface area contributed by atoms with Crippen molar-refractivity contribution in [1.82, 2.24) is 5.32 Å². The Morgan fingerprint density at radius 2 is 1.61 bits per heavy atom. The Morgan fingerprint density at radius 1 is 1.06 bits per heavy atom. The smallest absolute Gasteiger partial charge is 0.336 e. The molecule has 0 saturated carbocycles. The molecule has 0 spiro atoms. The number of carbonyl (C=O) groups excluding carboxylic acids is 2. The molecule has 198 valence electrons. The maximum Gasteiger partial charge on any atom is 0.336 e. The molecule has 36 heavy (non-hydrogen) atoms. The number of aliphatic hydroxyl groups excluding tert-OH is 1. The maximum absolute atomic E-state index is 13.5. The van der Waals surface area contributed by atoms with Gasteiger partial charge in [-0.25, -0.2) is 9.59 Å². The highest BCUT2D eigenvalue weighted by Gasteiger charge is 2.41. The van der Waals surface area contributed by atoms with E-state index in [2.05, 4.69) is 5.32 Å². The Bertz CT molecular complexity index is 1040. The molecule has 0 saturated heterocycles. The van der Waals surface area contributed by atoms with E-state index in [1.165, 1.54) is 18.2 Å². The summed E-state index contributed by atoms with van der Waals surface area (Å²) in [6, 6.07) is 5.73. The monoisotopic (exact) mass is 504 g/mol. The third-order valence-electron chi connectivity index (χ3n) is 6.42. The van der Waals surface area contributed by atoms with Crippen molar-refractivity contribution in [3.8, 4) is 0 Å². The summed E-state index contributed by atoms with van der Waals surface area (Å²) in [6.07, 6.45) is 0.495. The van der Waals surface area contributed by atoms with Gasteiger partial charge in [0.15, 0.2) is 6.29 Å². The number of benzene rings is 1. The molecule has 1 heterocycles. The van der Waals surface area contributed by atoms with Crippen LogP contribution in [0.1, 0.15) is 71.8 Å². The largest absolute Gasteiger partial charge is 0.463 e. The molecule has 3 N–H and O–H groups in total. The van der Waals surface area contributed by atoms with Crippen molar-refractivity contribution in [1.29, 1.82) is 0 Å². The fraction of sp³-hybridized carbons (Fsp3) is 0.538. The van der Waals surface area contributed by atoms with Gasteiger partial charge in [0.1, 0.15) is 6.61 Å². The average molecular weight is 505 g/mol. The first-order valence-electron chi connectivity index (χ1n) is 12.2. The number of ether oxygens (including phenoxy) is 2. The van der Waals surface area contributed by atoms with Gasteiger partial charge in [-0.05, 0) is 39.2 Å². The molecule has 10 nitrogen and oxygen atoms in total. The molecule has 0 amide bonds. The molecular formula is C26H36N2O8. The zero-order valence-corrected chi connectivity index (χ0v) is 21.5. The predicted octanol–water partition coefficient (Wildman–Crippen LogP) is 3.83. The number of allylic oxidation sites excluding steroid dienone is 2. The molecule has 1 atom stereocenters. The molecule has 0 aromatic heterocycles. The number of carbonyl (C=O) groups is 2. The van der Waals surface area contributed by atoms with Crippen LogP contribution in [-0.2, 0) is 19.1 Å². The van der Waals surface area contributed by atoms with Crippen molar-refractivity contribution in [3.63, 3.8) is 0 Å². The van der Waals surface area contributed by atoms with Gasteiger partial charge in [0.05, 0.1) is 34.0 Å². The minimum absolute atomic E-state index is 0.0958. The zero-order valence-electron chi connectivity index (χ0n) is 21.5. The zero-order chi connectivity index (χ0) is 27.0. The summed E-state index contributed by atoms with van der Waals surface area (Å²) >= 11 is 0. The minimum Gasteiger partial charge on any atom is -0.463 e. The van der Waals surface area contributed by atoms with Crippen LogP contribution in [0.25, 0.3) is 0 Å². The summed E-state index contributed by atoms with van der Waals surface area (Å²) in [7, 11) is 0. The number of hydrogen-bond acceptors (Lipinski definition) is 9. The van der Waals surface area contributed by atoms with Gasteiger partial charge in [0, 0.05) is 23.5 Å². The quantitative estimate of drug-likeness (QED) is 0.167. The highest BCUT2D eigenvalue weighted by Crippen LogP contribution is 2.41. The Labute approximate surface area is 211 Å². The van der Waals surface area contributed by atoms with Gasteiger partial charge in [0.2, 0.25) is 0 Å². The van der Waals surface area contributed by atoms with Gasteiger partial charge in [-0.3, -0.25) is 10.1 Å². The molecule has 1 aliphatic rings. The van der Waals surface area contributed by atoms with Crippen molar-refractivity contribution in [2.75, 3.05) is 13.2 Å². The average Bonchev–Trinajstić information content (AvgIpc) is 2.82. The molecule has 1 aromatic rings. The number of dihydropyridines is 1. The van der Waals surface area contributed by atoms with E-state index in [0.717, 1.165) is 0 Å². The van der Waals surface area contributed by atoms with Crippen LogP contribution in [0.4, 0.5) is 5.69 Å². The molecular weight excluding hydrogens is 468 g/mol. The highest BCUT2D eigenvalue weighted by molar-refractivity contribution is 6.00. The molecule has 1 aromatic carbocycles. The van der Waals surface area contributed by atoms with E-state index in [-0.39, 0.29) is 30.0 Å². The van der Waals surface area contributed by atoms with E-state index in [4.69, 9.17) is 9.47 Å². The standard InChI is InChI=1S/C26H36N2O8/c1-6-12-26(13-7-2,25(31)32)15-36-24(30)21-17(5)27-16(4)20(23(29)35-8-3)22(21)18-10-9-11-19(14-18)28(33)34/h9-11,14,22,25,27,31-32H,6-8,12-13,15H2,1-5H3. The Balaban J connectivity index is 2.57. The molecule has 1 aliphatic heterocycles. The normalized spacial score (nSPS) is 16.2. The first-order valence-corrected chi connectivity index (χ1v) is 12.2. The van der Waals surface area contributed by atoms with E-state index in [1.807, 2.05) is 13.8 Å². The molecule has 0 bridgehead atoms. The van der Waals surface area contributed by atoms with Crippen molar-refractivity contribution < 1.29 is 34.2 Å². The summed E-state index contributed by atoms with van der Waals surface area (Å²) in [4.78, 5) is 37.4. The Morgan fingerprint density at radius 3 is 2.08 bits per heavy atom. The minimum atomic E-state index is -1.69.